The van der Waals surface area contributed by atoms with E-state index in [9.17, 15) is 0 Å². The van der Waals surface area contributed by atoms with Crippen molar-refractivity contribution in [1.82, 2.24) is 5.32 Å². The molecule has 3 heterocycles. The molecule has 136 valence electrons. The second-order valence-corrected chi connectivity index (χ2v) is 8.36. The van der Waals surface area contributed by atoms with E-state index in [1.54, 1.807) is 16.8 Å². The maximum absolute atomic E-state index is 3.73. The minimum absolute atomic E-state index is 0.695. The van der Waals surface area contributed by atoms with Gasteiger partial charge < -0.3 is 15.5 Å². The maximum atomic E-state index is 3.73. The van der Waals surface area contributed by atoms with Gasteiger partial charge in [-0.25, -0.2) is 0 Å². The molecule has 3 aliphatic heterocycles. The van der Waals surface area contributed by atoms with Crippen molar-refractivity contribution < 1.29 is 0 Å². The summed E-state index contributed by atoms with van der Waals surface area (Å²) in [5.41, 5.74) is 10.2. The molecule has 0 spiro atoms. The summed E-state index contributed by atoms with van der Waals surface area (Å²) in [6.45, 7) is 10.1. The molecule has 3 heteroatoms. The first kappa shape index (κ1) is 16.2. The molecule has 5 rings (SSSR count). The van der Waals surface area contributed by atoms with Gasteiger partial charge in [-0.1, -0.05) is 18.2 Å². The number of anilines is 2. The number of benzene rings is 2. The van der Waals surface area contributed by atoms with Gasteiger partial charge in [0.2, 0.25) is 0 Å². The van der Waals surface area contributed by atoms with Crippen molar-refractivity contribution >= 4 is 11.4 Å². The van der Waals surface area contributed by atoms with Gasteiger partial charge in [0, 0.05) is 50.0 Å². The van der Waals surface area contributed by atoms with Gasteiger partial charge in [-0.2, -0.15) is 0 Å². The molecule has 0 bridgehead atoms. The SMILES string of the molecule is Cc1cccc(CNc2cc3c4c(c2)[C@@H]2CNC[C@@H]2CN4CCC3)c1C. The Morgan fingerprint density at radius 1 is 1.19 bits per heavy atom. The van der Waals surface area contributed by atoms with Crippen LogP contribution in [0.1, 0.15) is 40.2 Å². The first-order valence-corrected chi connectivity index (χ1v) is 10.1. The van der Waals surface area contributed by atoms with Crippen LogP contribution in [-0.2, 0) is 13.0 Å². The summed E-state index contributed by atoms with van der Waals surface area (Å²) in [6, 6.07) is 11.5. The Morgan fingerprint density at radius 3 is 3.04 bits per heavy atom. The number of fused-ring (bicyclic) bond motifs is 2. The van der Waals surface area contributed by atoms with Crippen LogP contribution in [0.4, 0.5) is 11.4 Å². The molecule has 3 nitrogen and oxygen atoms in total. The number of aryl methyl sites for hydroxylation is 2. The third-order valence-corrected chi connectivity index (χ3v) is 6.80. The predicted octanol–water partition coefficient (Wildman–Crippen LogP) is 3.98. The Balaban J connectivity index is 1.47. The Hall–Kier alpha value is -2.00. The zero-order valence-electron chi connectivity index (χ0n) is 15.9. The zero-order valence-corrected chi connectivity index (χ0v) is 15.9. The highest BCUT2D eigenvalue weighted by Gasteiger charge is 2.38. The summed E-state index contributed by atoms with van der Waals surface area (Å²) in [4.78, 5) is 2.66. The molecule has 1 fully saturated rings. The van der Waals surface area contributed by atoms with Crippen molar-refractivity contribution in [2.24, 2.45) is 5.92 Å². The highest BCUT2D eigenvalue weighted by molar-refractivity contribution is 5.70. The first-order valence-electron chi connectivity index (χ1n) is 10.1. The molecule has 0 radical (unpaired) electrons. The van der Waals surface area contributed by atoms with Gasteiger partial charge in [0.05, 0.1) is 0 Å². The topological polar surface area (TPSA) is 27.3 Å². The van der Waals surface area contributed by atoms with Crippen LogP contribution >= 0.6 is 0 Å². The maximum Gasteiger partial charge on any atom is 0.0436 e. The van der Waals surface area contributed by atoms with E-state index >= 15 is 0 Å². The van der Waals surface area contributed by atoms with Crippen LogP contribution in [0.15, 0.2) is 30.3 Å². The third kappa shape index (κ3) is 2.61. The summed E-state index contributed by atoms with van der Waals surface area (Å²) >= 11 is 0. The van der Waals surface area contributed by atoms with E-state index in [4.69, 9.17) is 0 Å². The van der Waals surface area contributed by atoms with Gasteiger partial charge in [-0.3, -0.25) is 0 Å². The zero-order chi connectivity index (χ0) is 17.7. The molecule has 2 aromatic rings. The largest absolute Gasteiger partial charge is 0.381 e. The average Bonchev–Trinajstić information content (AvgIpc) is 3.12. The van der Waals surface area contributed by atoms with Crippen LogP contribution in [0.25, 0.3) is 0 Å². The van der Waals surface area contributed by atoms with Gasteiger partial charge in [-0.05, 0) is 72.6 Å². The van der Waals surface area contributed by atoms with Gasteiger partial charge in [0.25, 0.3) is 0 Å². The number of hydrogen-bond acceptors (Lipinski definition) is 3. The quantitative estimate of drug-likeness (QED) is 0.879. The number of nitrogens with one attached hydrogen (secondary N) is 2. The Bertz CT molecular complexity index is 842. The van der Waals surface area contributed by atoms with E-state index in [2.05, 4.69) is 59.7 Å². The van der Waals surface area contributed by atoms with Crippen molar-refractivity contribution in [3.05, 3.63) is 58.1 Å². The molecule has 0 amide bonds. The van der Waals surface area contributed by atoms with Gasteiger partial charge in [0.1, 0.15) is 0 Å². The molecule has 0 saturated carbocycles. The monoisotopic (exact) mass is 347 g/mol. The van der Waals surface area contributed by atoms with Crippen molar-refractivity contribution in [2.45, 2.75) is 39.2 Å². The van der Waals surface area contributed by atoms with Crippen molar-refractivity contribution in [3.63, 3.8) is 0 Å². The highest BCUT2D eigenvalue weighted by Crippen LogP contribution is 2.45. The fourth-order valence-corrected chi connectivity index (χ4v) is 5.21. The summed E-state index contributed by atoms with van der Waals surface area (Å²) in [6.07, 6.45) is 2.51. The lowest BCUT2D eigenvalue weighted by Crippen LogP contribution is -2.41. The van der Waals surface area contributed by atoms with Crippen molar-refractivity contribution in [2.75, 3.05) is 36.4 Å². The van der Waals surface area contributed by atoms with Crippen LogP contribution in [0.3, 0.4) is 0 Å². The van der Waals surface area contributed by atoms with Crippen molar-refractivity contribution in [1.29, 1.82) is 0 Å². The van der Waals surface area contributed by atoms with E-state index in [1.807, 2.05) is 0 Å². The van der Waals surface area contributed by atoms with E-state index < -0.39 is 0 Å². The highest BCUT2D eigenvalue weighted by atomic mass is 15.2. The van der Waals surface area contributed by atoms with Crippen LogP contribution in [0.5, 0.6) is 0 Å². The van der Waals surface area contributed by atoms with Gasteiger partial charge in [0.15, 0.2) is 0 Å². The molecule has 1 saturated heterocycles. The summed E-state index contributed by atoms with van der Waals surface area (Å²) in [5.74, 6) is 1.48. The fraction of sp³-hybridized carbons (Fsp3) is 0.478. The number of hydrogen-bond donors (Lipinski definition) is 2. The standard InChI is InChI=1S/C23H29N3/c1-15-5-3-6-18(16(15)2)12-25-20-9-17-7-4-8-26-14-19-11-24-13-22(19)21(10-20)23(17)26/h3,5-6,9-10,19,22,24-25H,4,7-8,11-14H2,1-2H3/t19-,22-/m1/s1. The Kier molecular flexibility index (Phi) is 3.93. The molecular formula is C23H29N3. The smallest absolute Gasteiger partial charge is 0.0436 e. The molecule has 2 atom stereocenters. The molecule has 3 aliphatic rings. The molecular weight excluding hydrogens is 318 g/mol. The minimum Gasteiger partial charge on any atom is -0.381 e. The third-order valence-electron chi connectivity index (χ3n) is 6.80. The Morgan fingerprint density at radius 2 is 2.12 bits per heavy atom. The van der Waals surface area contributed by atoms with E-state index in [-0.39, 0.29) is 0 Å². The predicted molar refractivity (Wildman–Crippen MR) is 109 cm³/mol. The molecule has 2 aromatic carbocycles. The van der Waals surface area contributed by atoms with E-state index in [1.165, 1.54) is 54.9 Å². The fourth-order valence-electron chi connectivity index (χ4n) is 5.21. The van der Waals surface area contributed by atoms with Crippen molar-refractivity contribution in [3.8, 4) is 0 Å². The van der Waals surface area contributed by atoms with E-state index in [0.717, 1.165) is 19.0 Å². The van der Waals surface area contributed by atoms with Crippen LogP contribution in [-0.4, -0.2) is 26.2 Å². The minimum atomic E-state index is 0.695. The van der Waals surface area contributed by atoms with Gasteiger partial charge in [-0.15, -0.1) is 0 Å². The molecule has 0 unspecified atom stereocenters. The normalized spacial score (nSPS) is 23.5. The average molecular weight is 348 g/mol. The molecule has 0 aromatic heterocycles. The Labute approximate surface area is 156 Å². The lowest BCUT2D eigenvalue weighted by atomic mass is 9.80. The van der Waals surface area contributed by atoms with Crippen LogP contribution in [0, 0.1) is 19.8 Å². The van der Waals surface area contributed by atoms with Crippen LogP contribution in [0.2, 0.25) is 0 Å². The van der Waals surface area contributed by atoms with Gasteiger partial charge >= 0.3 is 0 Å². The lowest BCUT2D eigenvalue weighted by molar-refractivity contribution is 0.470. The molecule has 26 heavy (non-hydrogen) atoms. The molecule has 0 aliphatic carbocycles. The number of nitrogens with zero attached hydrogens (tertiary/aromatic N) is 1. The first-order chi connectivity index (χ1) is 12.7. The summed E-state index contributed by atoms with van der Waals surface area (Å²) in [7, 11) is 0. The second kappa shape index (κ2) is 6.31. The number of rotatable bonds is 3. The van der Waals surface area contributed by atoms with E-state index in [0.29, 0.717) is 5.92 Å². The summed E-state index contributed by atoms with van der Waals surface area (Å²) < 4.78 is 0. The lowest BCUT2D eigenvalue weighted by Gasteiger charge is -2.42. The summed E-state index contributed by atoms with van der Waals surface area (Å²) in [5, 5.41) is 7.37. The molecule has 2 N–H and O–H groups in total. The second-order valence-electron chi connectivity index (χ2n) is 8.36. The van der Waals surface area contributed by atoms with Crippen LogP contribution < -0.4 is 15.5 Å².